The number of hydrogen-bond acceptors (Lipinski definition) is 8. The number of ether oxygens (including phenoxy) is 3. The number of furan rings is 1. The highest BCUT2D eigenvalue weighted by Crippen LogP contribution is 2.36. The van der Waals surface area contributed by atoms with Crippen molar-refractivity contribution in [2.75, 3.05) is 13.7 Å². The molecule has 0 spiro atoms. The van der Waals surface area contributed by atoms with Crippen LogP contribution in [-0.4, -0.2) is 29.9 Å². The molecule has 8 nitrogen and oxygen atoms in total. The smallest absolute Gasteiger partial charge is 0.338 e. The molecule has 3 rings (SSSR count). The summed E-state index contributed by atoms with van der Waals surface area (Å²) in [6, 6.07) is 6.31. The Hall–Kier alpha value is -3.00. The molecule has 0 fully saturated rings. The molecule has 0 aliphatic heterocycles. The predicted molar refractivity (Wildman–Crippen MR) is 90.3 cm³/mol. The number of halogens is 1. The zero-order chi connectivity index (χ0) is 18.5. The average molecular weight is 379 g/mol. The second-order valence-electron chi connectivity index (χ2n) is 4.98. The van der Waals surface area contributed by atoms with Gasteiger partial charge in [0.2, 0.25) is 0 Å². The lowest BCUT2D eigenvalue weighted by molar-refractivity contribution is 0.0438. The van der Waals surface area contributed by atoms with E-state index >= 15 is 0 Å². The third-order valence-corrected chi connectivity index (χ3v) is 3.56. The van der Waals surface area contributed by atoms with Gasteiger partial charge in [-0.1, -0.05) is 11.6 Å². The average Bonchev–Trinajstić information content (AvgIpc) is 3.32. The Morgan fingerprint density at radius 3 is 2.85 bits per heavy atom. The van der Waals surface area contributed by atoms with Gasteiger partial charge in [0, 0.05) is 0 Å². The summed E-state index contributed by atoms with van der Waals surface area (Å²) in [7, 11) is 1.46. The maximum atomic E-state index is 12.3. The van der Waals surface area contributed by atoms with E-state index < -0.39 is 5.97 Å². The summed E-state index contributed by atoms with van der Waals surface area (Å²) in [6.45, 7) is 2.04. The molecule has 2 aromatic heterocycles. The first-order valence-electron chi connectivity index (χ1n) is 7.66. The van der Waals surface area contributed by atoms with Gasteiger partial charge in [-0.25, -0.2) is 4.79 Å². The highest BCUT2D eigenvalue weighted by molar-refractivity contribution is 6.32. The van der Waals surface area contributed by atoms with Crippen LogP contribution in [-0.2, 0) is 11.3 Å². The van der Waals surface area contributed by atoms with E-state index in [2.05, 4.69) is 10.2 Å². The van der Waals surface area contributed by atoms with Crippen LogP contribution in [0.25, 0.3) is 11.7 Å². The Bertz CT molecular complexity index is 891. The van der Waals surface area contributed by atoms with Gasteiger partial charge in [-0.2, -0.15) is 0 Å². The van der Waals surface area contributed by atoms with Crippen molar-refractivity contribution < 1.29 is 27.8 Å². The lowest BCUT2D eigenvalue weighted by Crippen LogP contribution is -2.07. The monoisotopic (exact) mass is 378 g/mol. The van der Waals surface area contributed by atoms with Gasteiger partial charge in [-0.3, -0.25) is 0 Å². The van der Waals surface area contributed by atoms with Crippen LogP contribution < -0.4 is 9.47 Å². The second-order valence-corrected chi connectivity index (χ2v) is 5.38. The Morgan fingerprint density at radius 2 is 2.15 bits per heavy atom. The van der Waals surface area contributed by atoms with Crippen LogP contribution in [0.4, 0.5) is 0 Å². The molecule has 9 heteroatoms. The molecule has 3 aromatic rings. The fourth-order valence-corrected chi connectivity index (χ4v) is 2.41. The number of methoxy groups -OCH3 is 1. The molecule has 0 bridgehead atoms. The van der Waals surface area contributed by atoms with E-state index in [1.807, 2.05) is 6.92 Å². The van der Waals surface area contributed by atoms with Crippen molar-refractivity contribution >= 4 is 17.6 Å². The predicted octanol–water partition coefficient (Wildman–Crippen LogP) is 3.75. The summed E-state index contributed by atoms with van der Waals surface area (Å²) >= 11 is 6.15. The first kappa shape index (κ1) is 17.8. The number of benzene rings is 1. The molecule has 0 saturated carbocycles. The molecular formula is C17H15ClN2O6. The Balaban J connectivity index is 1.69. The zero-order valence-corrected chi connectivity index (χ0v) is 14.8. The molecule has 0 aliphatic rings. The maximum Gasteiger partial charge on any atom is 0.338 e. The lowest BCUT2D eigenvalue weighted by atomic mass is 10.2. The minimum atomic E-state index is -0.619. The molecule has 0 aliphatic carbocycles. The summed E-state index contributed by atoms with van der Waals surface area (Å²) in [5, 5.41) is 7.87. The summed E-state index contributed by atoms with van der Waals surface area (Å²) in [5.74, 6) is 0.849. The van der Waals surface area contributed by atoms with Crippen molar-refractivity contribution in [3.05, 3.63) is 47.0 Å². The number of carbonyl (C=O) groups excluding carboxylic acids is 1. The third-order valence-electron chi connectivity index (χ3n) is 3.28. The van der Waals surface area contributed by atoms with E-state index in [0.29, 0.717) is 23.9 Å². The number of esters is 1. The molecule has 1 aromatic carbocycles. The van der Waals surface area contributed by atoms with Crippen molar-refractivity contribution in [2.45, 2.75) is 13.5 Å². The van der Waals surface area contributed by atoms with Gasteiger partial charge < -0.3 is 23.0 Å². The van der Waals surface area contributed by atoms with E-state index in [1.54, 1.807) is 12.1 Å². The quantitative estimate of drug-likeness (QED) is 0.573. The van der Waals surface area contributed by atoms with Gasteiger partial charge in [-0.05, 0) is 31.2 Å². The fraction of sp³-hybridized carbons (Fsp3) is 0.235. The molecule has 136 valence electrons. The topological polar surface area (TPSA) is 96.8 Å². The summed E-state index contributed by atoms with van der Waals surface area (Å²) < 4.78 is 26.3. The van der Waals surface area contributed by atoms with Gasteiger partial charge in [0.05, 0.1) is 30.6 Å². The lowest BCUT2D eigenvalue weighted by Gasteiger charge is -2.12. The Morgan fingerprint density at radius 1 is 1.31 bits per heavy atom. The van der Waals surface area contributed by atoms with E-state index in [-0.39, 0.29) is 29.0 Å². The normalized spacial score (nSPS) is 10.6. The van der Waals surface area contributed by atoms with Crippen LogP contribution in [0, 0.1) is 0 Å². The first-order chi connectivity index (χ1) is 12.6. The Kier molecular flexibility index (Phi) is 5.43. The van der Waals surface area contributed by atoms with Crippen molar-refractivity contribution in [1.82, 2.24) is 10.2 Å². The molecule has 2 heterocycles. The van der Waals surface area contributed by atoms with Crippen LogP contribution >= 0.6 is 11.6 Å². The van der Waals surface area contributed by atoms with E-state index in [1.165, 1.54) is 25.5 Å². The van der Waals surface area contributed by atoms with E-state index in [4.69, 9.17) is 34.6 Å². The van der Waals surface area contributed by atoms with Crippen LogP contribution in [0.15, 0.2) is 39.4 Å². The number of hydrogen-bond donors (Lipinski definition) is 0. The molecule has 26 heavy (non-hydrogen) atoms. The van der Waals surface area contributed by atoms with E-state index in [9.17, 15) is 4.79 Å². The van der Waals surface area contributed by atoms with Crippen LogP contribution in [0.3, 0.4) is 0 Å². The van der Waals surface area contributed by atoms with Crippen molar-refractivity contribution in [1.29, 1.82) is 0 Å². The van der Waals surface area contributed by atoms with Gasteiger partial charge in [0.15, 0.2) is 23.9 Å². The molecule has 0 amide bonds. The molecule has 0 radical (unpaired) electrons. The number of rotatable bonds is 7. The fourth-order valence-electron chi connectivity index (χ4n) is 2.14. The largest absolute Gasteiger partial charge is 0.493 e. The maximum absolute atomic E-state index is 12.3. The highest BCUT2D eigenvalue weighted by atomic mass is 35.5. The molecular weight excluding hydrogens is 364 g/mol. The van der Waals surface area contributed by atoms with Crippen molar-refractivity contribution in [2.24, 2.45) is 0 Å². The second kappa shape index (κ2) is 7.92. The van der Waals surface area contributed by atoms with Crippen LogP contribution in [0.1, 0.15) is 23.2 Å². The molecule has 0 atom stereocenters. The van der Waals surface area contributed by atoms with E-state index in [0.717, 1.165) is 0 Å². The summed E-state index contributed by atoms with van der Waals surface area (Å²) in [5.41, 5.74) is 0.209. The van der Waals surface area contributed by atoms with Gasteiger partial charge in [0.25, 0.3) is 11.8 Å². The zero-order valence-electron chi connectivity index (χ0n) is 14.0. The van der Waals surface area contributed by atoms with Gasteiger partial charge in [-0.15, -0.1) is 10.2 Å². The standard InChI is InChI=1S/C17H15ClN2O6/c1-3-23-15-11(18)7-10(8-13(15)22-2)17(21)25-9-14-19-20-16(26-14)12-5-4-6-24-12/h4-8H,3,9H2,1-2H3. The summed E-state index contributed by atoms with van der Waals surface area (Å²) in [4.78, 5) is 12.3. The van der Waals surface area contributed by atoms with Crippen molar-refractivity contribution in [3.8, 4) is 23.1 Å². The molecule has 0 N–H and O–H groups in total. The minimum absolute atomic E-state index is 0.133. The third kappa shape index (κ3) is 3.80. The summed E-state index contributed by atoms with van der Waals surface area (Å²) in [6.07, 6.45) is 1.49. The number of nitrogens with zero attached hydrogens (tertiary/aromatic N) is 2. The van der Waals surface area contributed by atoms with Gasteiger partial charge >= 0.3 is 5.97 Å². The number of aromatic nitrogens is 2. The SMILES string of the molecule is CCOc1c(Cl)cc(C(=O)OCc2nnc(-c3ccco3)o2)cc1OC. The van der Waals surface area contributed by atoms with Gasteiger partial charge in [0.1, 0.15) is 0 Å². The van der Waals surface area contributed by atoms with Crippen molar-refractivity contribution in [3.63, 3.8) is 0 Å². The Labute approximate surface area is 153 Å². The molecule has 0 saturated heterocycles. The highest BCUT2D eigenvalue weighted by Gasteiger charge is 2.18. The number of carbonyl (C=O) groups is 1. The first-order valence-corrected chi connectivity index (χ1v) is 8.04. The minimum Gasteiger partial charge on any atom is -0.493 e. The van der Waals surface area contributed by atoms with Crippen LogP contribution in [0.5, 0.6) is 11.5 Å². The van der Waals surface area contributed by atoms with Crippen LogP contribution in [0.2, 0.25) is 5.02 Å². The molecule has 0 unspecified atom stereocenters.